The van der Waals surface area contributed by atoms with E-state index in [1.165, 1.54) is 0 Å². The monoisotopic (exact) mass is 266 g/mol. The number of benzene rings is 1. The van der Waals surface area contributed by atoms with Crippen LogP contribution in [0.1, 0.15) is 31.7 Å². The summed E-state index contributed by atoms with van der Waals surface area (Å²) in [5, 5.41) is 10.2. The summed E-state index contributed by atoms with van der Waals surface area (Å²) in [5.41, 5.74) is 1.58. The van der Waals surface area contributed by atoms with Crippen molar-refractivity contribution in [3.05, 3.63) is 33.7 Å². The van der Waals surface area contributed by atoms with Crippen LogP contribution in [0.25, 0.3) is 11.0 Å². The number of halogens is 1. The van der Waals surface area contributed by atoms with Crippen LogP contribution in [0.4, 0.5) is 0 Å². The molecule has 0 aliphatic heterocycles. The van der Waals surface area contributed by atoms with Crippen molar-refractivity contribution >= 4 is 22.6 Å². The van der Waals surface area contributed by atoms with Crippen molar-refractivity contribution in [1.82, 2.24) is 9.55 Å². The van der Waals surface area contributed by atoms with Crippen molar-refractivity contribution in [2.45, 2.75) is 37.8 Å². The number of fused-ring (bicyclic) bond motifs is 1. The molecular weight excluding hydrogens is 252 g/mol. The van der Waals surface area contributed by atoms with E-state index in [-0.39, 0.29) is 17.8 Å². The number of hydrogen-bond donors (Lipinski definition) is 2. The van der Waals surface area contributed by atoms with Gasteiger partial charge < -0.3 is 10.1 Å². The third-order valence-corrected chi connectivity index (χ3v) is 3.95. The number of nitrogens with one attached hydrogen (secondary N) is 1. The number of imidazole rings is 1. The highest BCUT2D eigenvalue weighted by Crippen LogP contribution is 2.30. The predicted molar refractivity (Wildman–Crippen MR) is 71.1 cm³/mol. The standard InChI is InChI=1S/C13H15ClN2O2/c14-8-1-6-12-11(7-8)15-13(18)16(12)9-2-4-10(17)5-3-9/h1,6-7,9-10,17H,2-5H2,(H,15,18)/t9-,10-. The zero-order chi connectivity index (χ0) is 12.7. The van der Waals surface area contributed by atoms with Gasteiger partial charge in [-0.1, -0.05) is 11.6 Å². The van der Waals surface area contributed by atoms with E-state index in [2.05, 4.69) is 4.98 Å². The largest absolute Gasteiger partial charge is 0.393 e. The quantitative estimate of drug-likeness (QED) is 0.833. The fourth-order valence-electron chi connectivity index (χ4n) is 2.78. The van der Waals surface area contributed by atoms with Crippen LogP contribution in [-0.2, 0) is 0 Å². The van der Waals surface area contributed by atoms with E-state index in [1.807, 2.05) is 6.07 Å². The summed E-state index contributed by atoms with van der Waals surface area (Å²) in [7, 11) is 0. The molecule has 5 heteroatoms. The van der Waals surface area contributed by atoms with E-state index in [0.29, 0.717) is 5.02 Å². The van der Waals surface area contributed by atoms with Gasteiger partial charge in [0.1, 0.15) is 0 Å². The van der Waals surface area contributed by atoms with Crippen molar-refractivity contribution in [3.63, 3.8) is 0 Å². The lowest BCUT2D eigenvalue weighted by molar-refractivity contribution is 0.111. The van der Waals surface area contributed by atoms with E-state index in [9.17, 15) is 9.90 Å². The van der Waals surface area contributed by atoms with Gasteiger partial charge in [0.15, 0.2) is 0 Å². The molecule has 1 heterocycles. The minimum absolute atomic E-state index is 0.0892. The molecule has 3 rings (SSSR count). The van der Waals surface area contributed by atoms with E-state index in [0.717, 1.165) is 36.7 Å². The predicted octanol–water partition coefficient (Wildman–Crippen LogP) is 2.46. The molecule has 96 valence electrons. The Balaban J connectivity index is 2.06. The summed E-state index contributed by atoms with van der Waals surface area (Å²) < 4.78 is 1.80. The van der Waals surface area contributed by atoms with Crippen molar-refractivity contribution in [2.75, 3.05) is 0 Å². The zero-order valence-corrected chi connectivity index (χ0v) is 10.7. The summed E-state index contributed by atoms with van der Waals surface area (Å²) in [6.45, 7) is 0. The lowest BCUT2D eigenvalue weighted by atomic mass is 9.93. The number of nitrogens with zero attached hydrogens (tertiary/aromatic N) is 1. The number of rotatable bonds is 1. The molecule has 1 saturated carbocycles. The van der Waals surface area contributed by atoms with Crippen LogP contribution in [0.2, 0.25) is 5.02 Å². The smallest absolute Gasteiger partial charge is 0.326 e. The highest BCUT2D eigenvalue weighted by molar-refractivity contribution is 6.31. The highest BCUT2D eigenvalue weighted by atomic mass is 35.5. The topological polar surface area (TPSA) is 58.0 Å². The number of aromatic amines is 1. The Morgan fingerprint density at radius 2 is 2.00 bits per heavy atom. The summed E-state index contributed by atoms with van der Waals surface area (Å²) in [6, 6.07) is 5.62. The minimum Gasteiger partial charge on any atom is -0.393 e. The van der Waals surface area contributed by atoms with Crippen molar-refractivity contribution < 1.29 is 5.11 Å². The SMILES string of the molecule is O=c1[nH]c2cc(Cl)ccc2n1[C@H]1CC[C@H](O)CC1. The van der Waals surface area contributed by atoms with Gasteiger partial charge in [-0.05, 0) is 43.9 Å². The number of aromatic nitrogens is 2. The maximum atomic E-state index is 12.0. The fraction of sp³-hybridized carbons (Fsp3) is 0.462. The second kappa shape index (κ2) is 4.44. The van der Waals surface area contributed by atoms with Crippen LogP contribution >= 0.6 is 11.6 Å². The Morgan fingerprint density at radius 1 is 1.28 bits per heavy atom. The Hall–Kier alpha value is -1.26. The van der Waals surface area contributed by atoms with E-state index >= 15 is 0 Å². The first-order valence-electron chi connectivity index (χ1n) is 6.23. The van der Waals surface area contributed by atoms with E-state index in [4.69, 9.17) is 11.6 Å². The van der Waals surface area contributed by atoms with Gasteiger partial charge in [-0.15, -0.1) is 0 Å². The summed E-state index contributed by atoms with van der Waals surface area (Å²) in [6.07, 6.45) is 3.00. The maximum Gasteiger partial charge on any atom is 0.326 e. The van der Waals surface area contributed by atoms with Gasteiger partial charge in [0.2, 0.25) is 0 Å². The number of aliphatic hydroxyl groups excluding tert-OH is 1. The summed E-state index contributed by atoms with van der Waals surface area (Å²) in [5.74, 6) is 0. The molecule has 1 aliphatic rings. The molecule has 0 radical (unpaired) electrons. The van der Waals surface area contributed by atoms with Crippen LogP contribution in [0.5, 0.6) is 0 Å². The molecule has 1 aliphatic carbocycles. The Morgan fingerprint density at radius 3 is 2.72 bits per heavy atom. The minimum atomic E-state index is -0.211. The fourth-order valence-corrected chi connectivity index (χ4v) is 2.95. The van der Waals surface area contributed by atoms with E-state index < -0.39 is 0 Å². The van der Waals surface area contributed by atoms with Gasteiger partial charge in [0.05, 0.1) is 17.1 Å². The summed E-state index contributed by atoms with van der Waals surface area (Å²) >= 11 is 5.92. The number of hydrogen-bond acceptors (Lipinski definition) is 2. The Kier molecular flexibility index (Phi) is 2.92. The number of H-pyrrole nitrogens is 1. The van der Waals surface area contributed by atoms with Gasteiger partial charge in [-0.2, -0.15) is 0 Å². The molecule has 2 N–H and O–H groups in total. The first-order valence-corrected chi connectivity index (χ1v) is 6.61. The van der Waals surface area contributed by atoms with Crippen LogP contribution in [0.3, 0.4) is 0 Å². The lowest BCUT2D eigenvalue weighted by Gasteiger charge is -2.26. The van der Waals surface area contributed by atoms with Crippen LogP contribution in [0.15, 0.2) is 23.0 Å². The molecule has 0 unspecified atom stereocenters. The zero-order valence-electron chi connectivity index (χ0n) is 9.90. The molecule has 1 aromatic carbocycles. The molecular formula is C13H15ClN2O2. The molecule has 0 atom stereocenters. The molecule has 4 nitrogen and oxygen atoms in total. The molecule has 0 saturated heterocycles. The first kappa shape index (κ1) is 11.8. The van der Waals surface area contributed by atoms with Crippen LogP contribution in [0, 0.1) is 0 Å². The van der Waals surface area contributed by atoms with Crippen molar-refractivity contribution in [2.24, 2.45) is 0 Å². The maximum absolute atomic E-state index is 12.0. The molecule has 0 bridgehead atoms. The lowest BCUT2D eigenvalue weighted by Crippen LogP contribution is -2.27. The molecule has 0 amide bonds. The average molecular weight is 267 g/mol. The van der Waals surface area contributed by atoms with Gasteiger partial charge in [-0.3, -0.25) is 4.57 Å². The number of aliphatic hydroxyl groups is 1. The molecule has 2 aromatic rings. The van der Waals surface area contributed by atoms with Gasteiger partial charge in [0, 0.05) is 11.1 Å². The third-order valence-electron chi connectivity index (χ3n) is 3.71. The molecule has 1 fully saturated rings. The highest BCUT2D eigenvalue weighted by Gasteiger charge is 2.23. The van der Waals surface area contributed by atoms with Crippen molar-refractivity contribution in [3.8, 4) is 0 Å². The van der Waals surface area contributed by atoms with Crippen LogP contribution in [-0.4, -0.2) is 20.8 Å². The van der Waals surface area contributed by atoms with Gasteiger partial charge >= 0.3 is 5.69 Å². The Bertz CT molecular complexity index is 623. The first-order chi connectivity index (χ1) is 8.65. The van der Waals surface area contributed by atoms with Gasteiger partial charge in [0.25, 0.3) is 0 Å². The second-order valence-corrected chi connectivity index (χ2v) is 5.36. The third kappa shape index (κ3) is 1.95. The second-order valence-electron chi connectivity index (χ2n) is 4.92. The average Bonchev–Trinajstić information content (AvgIpc) is 2.65. The van der Waals surface area contributed by atoms with Crippen LogP contribution < -0.4 is 5.69 Å². The normalized spacial score (nSPS) is 24.6. The molecule has 18 heavy (non-hydrogen) atoms. The van der Waals surface area contributed by atoms with Crippen molar-refractivity contribution in [1.29, 1.82) is 0 Å². The molecule has 0 spiro atoms. The van der Waals surface area contributed by atoms with Gasteiger partial charge in [-0.25, -0.2) is 4.79 Å². The van der Waals surface area contributed by atoms with E-state index in [1.54, 1.807) is 16.7 Å². The summed E-state index contributed by atoms with van der Waals surface area (Å²) in [4.78, 5) is 14.9. The Labute approximate surface area is 109 Å². The molecule has 1 aromatic heterocycles.